The molecule has 1 unspecified atom stereocenters. The van der Waals surface area contributed by atoms with E-state index in [1.807, 2.05) is 6.07 Å². The van der Waals surface area contributed by atoms with Gasteiger partial charge in [0, 0.05) is 33.0 Å². The summed E-state index contributed by atoms with van der Waals surface area (Å²) < 4.78 is 0.885. The van der Waals surface area contributed by atoms with E-state index in [4.69, 9.17) is 11.6 Å². The molecular formula is C10H8Br2ClNO. The van der Waals surface area contributed by atoms with Crippen molar-refractivity contribution in [3.63, 3.8) is 0 Å². The van der Waals surface area contributed by atoms with Gasteiger partial charge in [0.2, 0.25) is 5.91 Å². The van der Waals surface area contributed by atoms with Crippen molar-refractivity contribution >= 4 is 55.1 Å². The summed E-state index contributed by atoms with van der Waals surface area (Å²) in [7, 11) is 0. The number of anilines is 1. The predicted molar refractivity (Wildman–Crippen MR) is 68.8 cm³/mol. The fourth-order valence-corrected chi connectivity index (χ4v) is 3.02. The van der Waals surface area contributed by atoms with Gasteiger partial charge in [-0.05, 0) is 18.2 Å². The summed E-state index contributed by atoms with van der Waals surface area (Å²) in [6.45, 7) is 0.700. The fourth-order valence-electron chi connectivity index (χ4n) is 1.61. The average molecular weight is 353 g/mol. The molecule has 5 heteroatoms. The largest absolute Gasteiger partial charge is 0.311 e. The Morgan fingerprint density at radius 3 is 2.67 bits per heavy atom. The van der Waals surface area contributed by atoms with E-state index in [9.17, 15) is 4.79 Å². The molecule has 0 N–H and O–H groups in total. The van der Waals surface area contributed by atoms with Gasteiger partial charge in [-0.1, -0.05) is 43.5 Å². The van der Waals surface area contributed by atoms with E-state index >= 15 is 0 Å². The minimum absolute atomic E-state index is 0.131. The summed E-state index contributed by atoms with van der Waals surface area (Å²) in [6.07, 6.45) is 0.546. The molecule has 1 fully saturated rings. The normalized spacial score (nSPS) is 21.1. The molecule has 0 bridgehead atoms. The maximum Gasteiger partial charge on any atom is 0.228 e. The molecule has 1 atom stereocenters. The highest BCUT2D eigenvalue weighted by atomic mass is 79.9. The highest BCUT2D eigenvalue weighted by molar-refractivity contribution is 9.10. The minimum atomic E-state index is 0.131. The van der Waals surface area contributed by atoms with Crippen molar-refractivity contribution in [3.8, 4) is 0 Å². The quantitative estimate of drug-likeness (QED) is 0.707. The number of alkyl halides is 1. The Bertz CT molecular complexity index is 390. The lowest BCUT2D eigenvalue weighted by atomic mass is 10.3. The fraction of sp³-hybridized carbons (Fsp3) is 0.300. The van der Waals surface area contributed by atoms with Gasteiger partial charge < -0.3 is 4.90 Å². The molecule has 1 aliphatic heterocycles. The summed E-state index contributed by atoms with van der Waals surface area (Å²) in [5, 5.41) is 0.630. The van der Waals surface area contributed by atoms with E-state index in [1.54, 1.807) is 17.0 Å². The van der Waals surface area contributed by atoms with Crippen LogP contribution in [-0.2, 0) is 4.79 Å². The molecule has 0 aromatic heterocycles. The smallest absolute Gasteiger partial charge is 0.228 e. The number of rotatable bonds is 1. The van der Waals surface area contributed by atoms with Crippen LogP contribution in [0.5, 0.6) is 0 Å². The number of benzene rings is 1. The van der Waals surface area contributed by atoms with Gasteiger partial charge in [0.15, 0.2) is 0 Å². The molecule has 1 aromatic carbocycles. The number of halogens is 3. The van der Waals surface area contributed by atoms with Crippen LogP contribution in [0.2, 0.25) is 5.02 Å². The van der Waals surface area contributed by atoms with Crippen molar-refractivity contribution in [2.45, 2.75) is 11.2 Å². The third-order valence-electron chi connectivity index (χ3n) is 2.24. The van der Waals surface area contributed by atoms with Crippen molar-refractivity contribution in [3.05, 3.63) is 27.7 Å². The van der Waals surface area contributed by atoms with Gasteiger partial charge in [-0.15, -0.1) is 0 Å². The van der Waals surface area contributed by atoms with Gasteiger partial charge in [-0.2, -0.15) is 0 Å². The molecule has 1 aliphatic rings. The van der Waals surface area contributed by atoms with Crippen LogP contribution < -0.4 is 4.90 Å². The molecule has 1 aromatic rings. The third-order valence-corrected chi connectivity index (χ3v) is 3.53. The monoisotopic (exact) mass is 351 g/mol. The summed E-state index contributed by atoms with van der Waals surface area (Å²) >= 11 is 12.7. The molecule has 1 saturated heterocycles. The molecule has 2 rings (SSSR count). The van der Waals surface area contributed by atoms with Crippen LogP contribution in [0.4, 0.5) is 5.69 Å². The Labute approximate surface area is 110 Å². The Balaban J connectivity index is 2.33. The van der Waals surface area contributed by atoms with Gasteiger partial charge in [0.05, 0.1) is 0 Å². The van der Waals surface area contributed by atoms with E-state index in [0.717, 1.165) is 10.2 Å². The van der Waals surface area contributed by atoms with E-state index in [0.29, 0.717) is 18.0 Å². The molecule has 1 amide bonds. The van der Waals surface area contributed by atoms with Crippen LogP contribution in [0.1, 0.15) is 6.42 Å². The molecular weight excluding hydrogens is 345 g/mol. The average Bonchev–Trinajstić information content (AvgIpc) is 2.43. The maximum absolute atomic E-state index is 11.6. The second-order valence-electron chi connectivity index (χ2n) is 3.43. The first-order chi connectivity index (χ1) is 7.06. The van der Waals surface area contributed by atoms with Crippen molar-refractivity contribution in [2.75, 3.05) is 11.4 Å². The van der Waals surface area contributed by atoms with Crippen LogP contribution in [0.3, 0.4) is 0 Å². The molecule has 15 heavy (non-hydrogen) atoms. The minimum Gasteiger partial charge on any atom is -0.311 e. The molecule has 80 valence electrons. The first kappa shape index (κ1) is 11.4. The standard InChI is InChI=1S/C10H8Br2ClNO/c11-6-1-8(13)4-9(2-6)14-5-7(12)3-10(14)15/h1-2,4,7H,3,5H2. The molecule has 0 spiro atoms. The number of amides is 1. The van der Waals surface area contributed by atoms with Crippen molar-refractivity contribution in [1.82, 2.24) is 0 Å². The SMILES string of the molecule is O=C1CC(Br)CN1c1cc(Cl)cc(Br)c1. The molecule has 1 heterocycles. The topological polar surface area (TPSA) is 20.3 Å². The number of hydrogen-bond donors (Lipinski definition) is 0. The zero-order valence-electron chi connectivity index (χ0n) is 7.71. The van der Waals surface area contributed by atoms with Crippen LogP contribution >= 0.6 is 43.5 Å². The van der Waals surface area contributed by atoms with E-state index in [1.165, 1.54) is 0 Å². The van der Waals surface area contributed by atoms with E-state index < -0.39 is 0 Å². The van der Waals surface area contributed by atoms with Crippen LogP contribution in [0.15, 0.2) is 22.7 Å². The van der Waals surface area contributed by atoms with Gasteiger partial charge in [-0.25, -0.2) is 0 Å². The number of nitrogens with zero attached hydrogens (tertiary/aromatic N) is 1. The van der Waals surface area contributed by atoms with Crippen LogP contribution in [-0.4, -0.2) is 17.3 Å². The lowest BCUT2D eigenvalue weighted by Crippen LogP contribution is -2.24. The number of hydrogen-bond acceptors (Lipinski definition) is 1. The van der Waals surface area contributed by atoms with E-state index in [2.05, 4.69) is 31.9 Å². The molecule has 0 saturated carbocycles. The molecule has 2 nitrogen and oxygen atoms in total. The summed E-state index contributed by atoms with van der Waals surface area (Å²) in [4.78, 5) is 13.6. The maximum atomic E-state index is 11.6. The summed E-state index contributed by atoms with van der Waals surface area (Å²) in [6, 6.07) is 5.50. The lowest BCUT2D eigenvalue weighted by molar-refractivity contribution is -0.117. The van der Waals surface area contributed by atoms with Crippen molar-refractivity contribution in [2.24, 2.45) is 0 Å². The Morgan fingerprint density at radius 2 is 2.13 bits per heavy atom. The lowest BCUT2D eigenvalue weighted by Gasteiger charge is -2.16. The second-order valence-corrected chi connectivity index (χ2v) is 6.08. The number of carbonyl (C=O) groups excluding carboxylic acids is 1. The van der Waals surface area contributed by atoms with Crippen LogP contribution in [0.25, 0.3) is 0 Å². The summed E-state index contributed by atoms with van der Waals surface area (Å²) in [5.74, 6) is 0.131. The third kappa shape index (κ3) is 2.55. The van der Waals surface area contributed by atoms with Gasteiger partial charge in [0.25, 0.3) is 0 Å². The molecule has 0 radical (unpaired) electrons. The highest BCUT2D eigenvalue weighted by Crippen LogP contribution is 2.30. The first-order valence-electron chi connectivity index (χ1n) is 4.47. The Morgan fingerprint density at radius 1 is 1.40 bits per heavy atom. The summed E-state index contributed by atoms with van der Waals surface area (Å²) in [5.41, 5.74) is 0.848. The zero-order valence-corrected chi connectivity index (χ0v) is 11.6. The number of carbonyl (C=O) groups is 1. The highest BCUT2D eigenvalue weighted by Gasteiger charge is 2.28. The predicted octanol–water partition coefficient (Wildman–Crippen LogP) is 3.60. The van der Waals surface area contributed by atoms with Gasteiger partial charge in [-0.3, -0.25) is 4.79 Å². The second kappa shape index (κ2) is 4.44. The Hall–Kier alpha value is -0.0600. The van der Waals surface area contributed by atoms with Crippen LogP contribution in [0, 0.1) is 0 Å². The van der Waals surface area contributed by atoms with E-state index in [-0.39, 0.29) is 10.7 Å². The van der Waals surface area contributed by atoms with Crippen molar-refractivity contribution in [1.29, 1.82) is 0 Å². The van der Waals surface area contributed by atoms with Gasteiger partial charge in [0.1, 0.15) is 0 Å². The first-order valence-corrected chi connectivity index (χ1v) is 6.55. The zero-order chi connectivity index (χ0) is 11.0. The van der Waals surface area contributed by atoms with Crippen molar-refractivity contribution < 1.29 is 4.79 Å². The Kier molecular flexibility index (Phi) is 3.38. The van der Waals surface area contributed by atoms with Gasteiger partial charge >= 0.3 is 0 Å². The molecule has 0 aliphatic carbocycles.